The number of aryl methyl sites for hydroxylation is 2. The van der Waals surface area contributed by atoms with E-state index in [1.165, 1.54) is 17.0 Å². The molecule has 2 aromatic heterocycles. The van der Waals surface area contributed by atoms with Crippen LogP contribution in [-0.2, 0) is 30.8 Å². The van der Waals surface area contributed by atoms with Gasteiger partial charge in [-0.2, -0.15) is 0 Å². The maximum atomic E-state index is 14.8. The molecule has 2 aliphatic carbocycles. The van der Waals surface area contributed by atoms with Crippen molar-refractivity contribution in [2.24, 2.45) is 5.92 Å². The van der Waals surface area contributed by atoms with E-state index in [-0.39, 0.29) is 42.9 Å². The summed E-state index contributed by atoms with van der Waals surface area (Å²) in [6, 6.07) is 2.20. The summed E-state index contributed by atoms with van der Waals surface area (Å²) in [4.78, 5) is 66.4. The van der Waals surface area contributed by atoms with Crippen molar-refractivity contribution < 1.29 is 41.2 Å². The van der Waals surface area contributed by atoms with Gasteiger partial charge in [-0.15, -0.1) is 0 Å². The number of halogens is 1. The molecule has 7 rings (SSSR count). The molecule has 4 aliphatic rings. The van der Waals surface area contributed by atoms with Crippen LogP contribution in [0.5, 0.6) is 5.88 Å². The summed E-state index contributed by atoms with van der Waals surface area (Å²) in [7, 11) is -3.92. The number of hydrogen-bond donors (Lipinski definition) is 3. The average molecular weight is 766 g/mol. The Labute approximate surface area is 311 Å². The van der Waals surface area contributed by atoms with Gasteiger partial charge in [-0.05, 0) is 70.9 Å². The van der Waals surface area contributed by atoms with Crippen molar-refractivity contribution in [3.05, 3.63) is 58.9 Å². The van der Waals surface area contributed by atoms with E-state index in [0.29, 0.717) is 54.6 Å². The van der Waals surface area contributed by atoms with Gasteiger partial charge in [0.1, 0.15) is 40.7 Å². The normalized spacial score (nSPS) is 26.3. The highest BCUT2D eigenvalue weighted by Gasteiger charge is 2.62. The van der Waals surface area contributed by atoms with E-state index in [4.69, 9.17) is 9.26 Å². The SMILES string of the molecule is CCc1nc2cccc(F)c2nc1OC1CC2C(=O)NC3(C(=O)NS(=O)(=O)C4CC4)CC3C=CCCCCCC(NC(=O)c3noc(C)c3C)C(=O)N2C1. The maximum Gasteiger partial charge on any atom is 0.274 e. The van der Waals surface area contributed by atoms with Crippen LogP contribution < -0.4 is 20.1 Å². The third-order valence-corrected chi connectivity index (χ3v) is 12.6. The minimum atomic E-state index is -3.92. The first kappa shape index (κ1) is 37.4. The van der Waals surface area contributed by atoms with E-state index >= 15 is 0 Å². The quantitative estimate of drug-likeness (QED) is 0.285. The van der Waals surface area contributed by atoms with Crippen LogP contribution >= 0.6 is 0 Å². The number of para-hydroxylation sites is 1. The van der Waals surface area contributed by atoms with E-state index in [1.807, 2.05) is 19.1 Å². The minimum Gasteiger partial charge on any atom is -0.471 e. The number of nitrogens with zero attached hydrogens (tertiary/aromatic N) is 4. The van der Waals surface area contributed by atoms with E-state index in [9.17, 15) is 32.0 Å². The highest BCUT2D eigenvalue weighted by Crippen LogP contribution is 2.46. The van der Waals surface area contributed by atoms with Crippen LogP contribution in [0, 0.1) is 25.6 Å². The Kier molecular flexibility index (Phi) is 10.2. The van der Waals surface area contributed by atoms with E-state index in [0.717, 1.165) is 12.8 Å². The molecule has 2 aliphatic heterocycles. The van der Waals surface area contributed by atoms with Crippen molar-refractivity contribution in [1.29, 1.82) is 0 Å². The number of nitrogens with one attached hydrogen (secondary N) is 3. The van der Waals surface area contributed by atoms with Crippen LogP contribution in [0.4, 0.5) is 4.39 Å². The summed E-state index contributed by atoms with van der Waals surface area (Å²) in [6.07, 6.45) is 7.38. The Morgan fingerprint density at radius 3 is 2.65 bits per heavy atom. The molecule has 5 unspecified atom stereocenters. The number of amides is 4. The molecule has 17 heteroatoms. The smallest absolute Gasteiger partial charge is 0.274 e. The third-order valence-electron chi connectivity index (χ3n) is 10.8. The van der Waals surface area contributed by atoms with Crippen molar-refractivity contribution in [1.82, 2.24) is 35.4 Å². The minimum absolute atomic E-state index is 0.00876. The number of carbonyl (C=O) groups is 4. The van der Waals surface area contributed by atoms with Crippen LogP contribution in [0.3, 0.4) is 0 Å². The van der Waals surface area contributed by atoms with Gasteiger partial charge in [-0.3, -0.25) is 23.9 Å². The van der Waals surface area contributed by atoms with Gasteiger partial charge < -0.3 is 24.8 Å². The Bertz CT molecular complexity index is 2140. The lowest BCUT2D eigenvalue weighted by Gasteiger charge is -2.29. The molecule has 15 nitrogen and oxygen atoms in total. The number of fused-ring (bicyclic) bond motifs is 3. The van der Waals surface area contributed by atoms with Gasteiger partial charge in [0.2, 0.25) is 27.7 Å². The monoisotopic (exact) mass is 765 g/mol. The number of benzene rings is 1. The van der Waals surface area contributed by atoms with Gasteiger partial charge in [0.15, 0.2) is 11.5 Å². The molecule has 5 atom stereocenters. The van der Waals surface area contributed by atoms with Gasteiger partial charge in [0, 0.05) is 17.9 Å². The van der Waals surface area contributed by atoms with Crippen LogP contribution in [0.25, 0.3) is 11.0 Å². The van der Waals surface area contributed by atoms with E-state index < -0.39 is 74.4 Å². The number of carbonyl (C=O) groups excluding carboxylic acids is 4. The summed E-state index contributed by atoms with van der Waals surface area (Å²) < 4.78 is 54.1. The van der Waals surface area contributed by atoms with Crippen LogP contribution in [-0.4, -0.2) is 87.6 Å². The molecule has 0 bridgehead atoms. The fraction of sp³-hybridized carbons (Fsp3) is 0.541. The van der Waals surface area contributed by atoms with Gasteiger partial charge in [-0.25, -0.2) is 22.8 Å². The largest absolute Gasteiger partial charge is 0.471 e. The van der Waals surface area contributed by atoms with Crippen molar-refractivity contribution in [2.75, 3.05) is 6.54 Å². The Morgan fingerprint density at radius 2 is 1.93 bits per heavy atom. The standard InChI is InChI=1S/C37H44FN7O8S/c1-4-26-34(41-31-25(38)12-10-14-27(31)39-26)52-23-17-29-32(46)42-37(36(49)44-54(50,51)24-15-16-24)18-22(37)11-8-6-5-7-9-13-28(35(48)45(29)19-23)40-33(47)30-20(2)21(3)53-43-30/h8,10-12,14,22-24,28-29H,4-7,9,13,15-19H2,1-3H3,(H,40,47)(H,42,46)(H,44,49). The number of aromatic nitrogens is 3. The molecule has 1 saturated heterocycles. The zero-order valence-electron chi connectivity index (χ0n) is 30.4. The lowest BCUT2D eigenvalue weighted by atomic mass is 10.0. The molecule has 3 fully saturated rings. The predicted molar refractivity (Wildman–Crippen MR) is 192 cm³/mol. The van der Waals surface area contributed by atoms with E-state index in [1.54, 1.807) is 19.9 Å². The number of rotatable bonds is 8. The second-order valence-electron chi connectivity index (χ2n) is 14.7. The lowest BCUT2D eigenvalue weighted by Crippen LogP contribution is -2.58. The van der Waals surface area contributed by atoms with Crippen molar-refractivity contribution in [3.63, 3.8) is 0 Å². The molecule has 0 radical (unpaired) electrons. The Balaban J connectivity index is 1.21. The van der Waals surface area contributed by atoms with Gasteiger partial charge in [0.05, 0.1) is 17.3 Å². The molecule has 4 heterocycles. The van der Waals surface area contributed by atoms with Gasteiger partial charge in [-0.1, -0.05) is 43.1 Å². The molecule has 0 spiro atoms. The lowest BCUT2D eigenvalue weighted by molar-refractivity contribution is -0.141. The molecular weight excluding hydrogens is 722 g/mol. The number of sulfonamides is 1. The summed E-state index contributed by atoms with van der Waals surface area (Å²) >= 11 is 0. The summed E-state index contributed by atoms with van der Waals surface area (Å²) in [6.45, 7) is 5.10. The van der Waals surface area contributed by atoms with Crippen LogP contribution in [0.15, 0.2) is 34.9 Å². The maximum absolute atomic E-state index is 14.8. The Morgan fingerprint density at radius 1 is 1.13 bits per heavy atom. The summed E-state index contributed by atoms with van der Waals surface area (Å²) in [5, 5.41) is 8.88. The third kappa shape index (κ3) is 7.42. The first-order valence-electron chi connectivity index (χ1n) is 18.5. The molecule has 2 saturated carbocycles. The molecule has 1 aromatic carbocycles. The highest BCUT2D eigenvalue weighted by molar-refractivity contribution is 7.91. The van der Waals surface area contributed by atoms with E-state index in [2.05, 4.69) is 30.5 Å². The zero-order valence-corrected chi connectivity index (χ0v) is 31.2. The zero-order chi connectivity index (χ0) is 38.4. The summed E-state index contributed by atoms with van der Waals surface area (Å²) in [5.41, 5.74) is -0.158. The van der Waals surface area contributed by atoms with Gasteiger partial charge >= 0.3 is 0 Å². The van der Waals surface area contributed by atoms with Gasteiger partial charge in [0.25, 0.3) is 11.8 Å². The number of hydrogen-bond acceptors (Lipinski definition) is 11. The number of allylic oxidation sites excluding steroid dienone is 1. The fourth-order valence-electron chi connectivity index (χ4n) is 7.25. The first-order chi connectivity index (χ1) is 25.8. The second kappa shape index (κ2) is 14.7. The van der Waals surface area contributed by atoms with Crippen molar-refractivity contribution in [2.45, 2.75) is 114 Å². The molecule has 4 amide bonds. The fourth-order valence-corrected chi connectivity index (χ4v) is 8.61. The molecular formula is C37H44FN7O8S. The van der Waals surface area contributed by atoms with Crippen molar-refractivity contribution in [3.8, 4) is 5.88 Å². The molecule has 54 heavy (non-hydrogen) atoms. The topological polar surface area (TPSA) is 203 Å². The molecule has 3 aromatic rings. The molecule has 288 valence electrons. The number of ether oxygens (including phenoxy) is 1. The molecule has 3 N–H and O–H groups in total. The average Bonchev–Trinajstić information content (AvgIpc) is 4.04. The first-order valence-corrected chi connectivity index (χ1v) is 20.1. The Hall–Kier alpha value is -4.93. The van der Waals surface area contributed by atoms with Crippen molar-refractivity contribution >= 4 is 44.7 Å². The highest BCUT2D eigenvalue weighted by atomic mass is 32.2. The van der Waals surface area contributed by atoms with Crippen LogP contribution in [0.1, 0.15) is 92.2 Å². The second-order valence-corrected chi connectivity index (χ2v) is 16.6. The van der Waals surface area contributed by atoms with Crippen LogP contribution in [0.2, 0.25) is 0 Å². The predicted octanol–water partition coefficient (Wildman–Crippen LogP) is 3.09. The summed E-state index contributed by atoms with van der Waals surface area (Å²) in [5.74, 6) is -3.19.